The minimum atomic E-state index is 0. The number of nitrogens with zero attached hydrogens (tertiary/aromatic N) is 1. The van der Waals surface area contributed by atoms with E-state index in [1.165, 1.54) is 0 Å². The van der Waals surface area contributed by atoms with Gasteiger partial charge in [0.1, 0.15) is 0 Å². The van der Waals surface area contributed by atoms with Crippen molar-refractivity contribution in [3.05, 3.63) is 0 Å². The Balaban J connectivity index is 0. The monoisotopic (exact) mass is 180 g/mol. The molecule has 0 aromatic rings. The summed E-state index contributed by atoms with van der Waals surface area (Å²) in [4.78, 5) is 0. The molecule has 0 aromatic heterocycles. The topological polar surface area (TPSA) is 23.8 Å². The van der Waals surface area contributed by atoms with Gasteiger partial charge in [0.2, 0.25) is 0 Å². The standard InChI is InChI=1S/CN.Cd.K.H/c1-2;;;. The van der Waals surface area contributed by atoms with E-state index in [4.69, 9.17) is 5.26 Å². The van der Waals surface area contributed by atoms with Crippen LogP contribution in [0.5, 0.6) is 0 Å². The molecule has 0 N–H and O–H groups in total. The molecule has 0 amide bonds. The first-order chi connectivity index (χ1) is 1.41. The molecule has 0 aliphatic heterocycles. The molecule has 4 heavy (non-hydrogen) atoms. The van der Waals surface area contributed by atoms with Crippen molar-refractivity contribution >= 4 is 51.4 Å². The summed E-state index contributed by atoms with van der Waals surface area (Å²) in [5.41, 5.74) is 0. The predicted molar refractivity (Wildman–Crippen MR) is 12.8 cm³/mol. The normalized spacial score (nSPS) is 2.25. The van der Waals surface area contributed by atoms with Crippen molar-refractivity contribution < 1.29 is 25.8 Å². The van der Waals surface area contributed by atoms with E-state index in [2.05, 4.69) is 0 Å². The van der Waals surface area contributed by atoms with E-state index >= 15 is 0 Å². The fraction of sp³-hybridized carbons (Fsp3) is 0. The summed E-state index contributed by atoms with van der Waals surface area (Å²) in [6.07, 6.45) is 0. The van der Waals surface area contributed by atoms with E-state index in [1.54, 1.807) is 0 Å². The molecule has 0 unspecified atom stereocenters. The fourth-order valence-electron chi connectivity index (χ4n) is 0. The average molecular weight is 179 g/mol. The van der Waals surface area contributed by atoms with Gasteiger partial charge < -0.3 is 0 Å². The fourth-order valence-corrected chi connectivity index (χ4v) is 0. The van der Waals surface area contributed by atoms with Gasteiger partial charge in [0, 0.05) is 0 Å². The quantitative estimate of drug-likeness (QED) is 0.453. The average Bonchev–Trinajstić information content (AvgIpc) is 0.918. The van der Waals surface area contributed by atoms with Crippen molar-refractivity contribution in [1.82, 2.24) is 0 Å². The van der Waals surface area contributed by atoms with E-state index in [0.29, 0.717) is 25.8 Å². The zero-order valence-corrected chi connectivity index (χ0v) is 5.69. The van der Waals surface area contributed by atoms with Crippen LogP contribution in [0.4, 0.5) is 0 Å². The molecular formula is CHCdKN. The Morgan fingerprint density at radius 3 is 1.75 bits per heavy atom. The summed E-state index contributed by atoms with van der Waals surface area (Å²) in [5.74, 6) is 0. The van der Waals surface area contributed by atoms with Gasteiger partial charge in [-0.25, -0.2) is 0 Å². The Labute approximate surface area is 83.9 Å². The third kappa shape index (κ3) is 8.97. The van der Waals surface area contributed by atoms with E-state index in [1.807, 2.05) is 3.63 Å². The molecule has 0 fully saturated rings. The number of hydrogen-bond donors (Lipinski definition) is 0. The molecule has 0 aliphatic rings. The third-order valence-corrected chi connectivity index (χ3v) is 0. The molecule has 0 saturated carbocycles. The van der Waals surface area contributed by atoms with Crippen LogP contribution >= 0.6 is 0 Å². The van der Waals surface area contributed by atoms with Crippen LogP contribution in [0.15, 0.2) is 0 Å². The van der Waals surface area contributed by atoms with Gasteiger partial charge in [-0.15, -0.1) is 0 Å². The number of rotatable bonds is 0. The first-order valence-corrected chi connectivity index (χ1v) is 2.60. The molecule has 0 spiro atoms. The molecule has 0 heterocycles. The molecule has 13 valence electrons. The van der Waals surface area contributed by atoms with Gasteiger partial charge >= 0.3 is 86.0 Å². The Hall–Kier alpha value is 2.05. The van der Waals surface area contributed by atoms with Crippen LogP contribution in [-0.2, 0) is 25.8 Å². The van der Waals surface area contributed by atoms with Crippen LogP contribution in [-0.4, -0.2) is 51.4 Å². The first kappa shape index (κ1) is 9.41. The second kappa shape index (κ2) is 8.90. The van der Waals surface area contributed by atoms with Gasteiger partial charge in [-0.3, -0.25) is 0 Å². The summed E-state index contributed by atoms with van der Waals surface area (Å²) in [5, 5.41) is 7.40. The van der Waals surface area contributed by atoms with Crippen molar-refractivity contribution in [2.45, 2.75) is 0 Å². The minimum absolute atomic E-state index is 0. The van der Waals surface area contributed by atoms with Crippen molar-refractivity contribution in [2.75, 3.05) is 0 Å². The van der Waals surface area contributed by atoms with Crippen molar-refractivity contribution in [3.63, 3.8) is 0 Å². The van der Waals surface area contributed by atoms with Gasteiger partial charge in [0.25, 0.3) is 0 Å². The van der Waals surface area contributed by atoms with Crippen molar-refractivity contribution in [1.29, 1.82) is 5.26 Å². The predicted octanol–water partition coefficient (Wildman–Crippen LogP) is -0.634. The molecular weight excluding hydrogens is 178 g/mol. The van der Waals surface area contributed by atoms with E-state index < -0.39 is 0 Å². The maximum absolute atomic E-state index is 7.40. The van der Waals surface area contributed by atoms with Crippen LogP contribution in [0, 0.1) is 8.89 Å². The molecule has 1 nitrogen and oxygen atoms in total. The van der Waals surface area contributed by atoms with Gasteiger partial charge in [-0.05, 0) is 0 Å². The Kier molecular flexibility index (Phi) is 20.9. The van der Waals surface area contributed by atoms with E-state index in [9.17, 15) is 0 Å². The van der Waals surface area contributed by atoms with Crippen LogP contribution in [0.25, 0.3) is 0 Å². The van der Waals surface area contributed by atoms with E-state index in [-0.39, 0.29) is 51.4 Å². The third-order valence-electron chi connectivity index (χ3n) is 0. The summed E-state index contributed by atoms with van der Waals surface area (Å²) in [6.45, 7) is 0. The zero-order valence-electron chi connectivity index (χ0n) is 1.65. The van der Waals surface area contributed by atoms with Gasteiger partial charge in [0.05, 0.1) is 0 Å². The summed E-state index contributed by atoms with van der Waals surface area (Å²) < 4.78 is 1.92. The summed E-state index contributed by atoms with van der Waals surface area (Å²) in [6, 6.07) is 0. The molecule has 0 saturated heterocycles. The zero-order chi connectivity index (χ0) is 2.71. The summed E-state index contributed by atoms with van der Waals surface area (Å²) in [7, 11) is 0. The summed E-state index contributed by atoms with van der Waals surface area (Å²) >= 11 is 0.505. The molecule has 0 atom stereocenters. The van der Waals surface area contributed by atoms with E-state index in [0.717, 1.165) is 0 Å². The van der Waals surface area contributed by atoms with Crippen LogP contribution < -0.4 is 0 Å². The molecule has 0 aliphatic carbocycles. The van der Waals surface area contributed by atoms with Crippen LogP contribution in [0.2, 0.25) is 0 Å². The van der Waals surface area contributed by atoms with Gasteiger partial charge in [-0.1, -0.05) is 0 Å². The second-order valence-corrected chi connectivity index (χ2v) is 1.06. The van der Waals surface area contributed by atoms with Gasteiger partial charge in [0.15, 0.2) is 0 Å². The van der Waals surface area contributed by atoms with Crippen LogP contribution in [0.3, 0.4) is 0 Å². The maximum atomic E-state index is 7.40. The van der Waals surface area contributed by atoms with Crippen molar-refractivity contribution in [3.8, 4) is 3.63 Å². The molecule has 0 rings (SSSR count). The van der Waals surface area contributed by atoms with Crippen LogP contribution in [0.1, 0.15) is 0 Å². The first-order valence-electron chi connectivity index (χ1n) is 0.577. The SMILES string of the molecule is N#[C][Cd].[KH]. The van der Waals surface area contributed by atoms with Gasteiger partial charge in [-0.2, -0.15) is 0 Å². The molecule has 0 radical (unpaired) electrons. The number of nitriles is 1. The Morgan fingerprint density at radius 1 is 1.75 bits per heavy atom. The number of hydrogen-bond acceptors (Lipinski definition) is 1. The molecule has 0 aromatic carbocycles. The second-order valence-electron chi connectivity index (χ2n) is 0.158. The Bertz CT molecular complexity index is 29.5. The Morgan fingerprint density at radius 2 is 1.75 bits per heavy atom. The van der Waals surface area contributed by atoms with Crippen molar-refractivity contribution in [2.24, 2.45) is 0 Å². The molecule has 0 bridgehead atoms. The molecule has 3 heteroatoms.